The SMILES string of the molecule is CSc1nc(C)c(CCC(=O)OCc2csc(-c3ccc(F)cc3)n2)c(C)n1. The Morgan fingerprint density at radius 3 is 2.46 bits per heavy atom. The Kier molecular flexibility index (Phi) is 6.74. The molecule has 0 spiro atoms. The van der Waals surface area contributed by atoms with E-state index in [-0.39, 0.29) is 24.8 Å². The average molecular weight is 418 g/mol. The van der Waals surface area contributed by atoms with Gasteiger partial charge in [0.2, 0.25) is 0 Å². The van der Waals surface area contributed by atoms with Gasteiger partial charge in [0.1, 0.15) is 17.4 Å². The number of aryl methyl sites for hydroxylation is 2. The van der Waals surface area contributed by atoms with Gasteiger partial charge in [-0.2, -0.15) is 0 Å². The number of carbonyl (C=O) groups is 1. The van der Waals surface area contributed by atoms with Crippen molar-refractivity contribution < 1.29 is 13.9 Å². The Hall–Kier alpha value is -2.32. The van der Waals surface area contributed by atoms with Crippen molar-refractivity contribution in [2.24, 2.45) is 0 Å². The number of halogens is 1. The molecule has 146 valence electrons. The van der Waals surface area contributed by atoms with E-state index in [1.807, 2.05) is 25.5 Å². The summed E-state index contributed by atoms with van der Waals surface area (Å²) in [5.74, 6) is -0.572. The summed E-state index contributed by atoms with van der Waals surface area (Å²) in [5.41, 5.74) is 4.30. The summed E-state index contributed by atoms with van der Waals surface area (Å²) in [4.78, 5) is 25.4. The number of aromatic nitrogens is 3. The Morgan fingerprint density at radius 1 is 1.14 bits per heavy atom. The number of esters is 1. The molecule has 0 radical (unpaired) electrons. The van der Waals surface area contributed by atoms with E-state index in [4.69, 9.17) is 4.74 Å². The van der Waals surface area contributed by atoms with Crippen molar-refractivity contribution in [3.8, 4) is 10.6 Å². The Bertz CT molecular complexity index is 951. The highest BCUT2D eigenvalue weighted by molar-refractivity contribution is 7.98. The van der Waals surface area contributed by atoms with Gasteiger partial charge in [-0.25, -0.2) is 19.3 Å². The smallest absolute Gasteiger partial charge is 0.306 e. The van der Waals surface area contributed by atoms with Crippen LogP contribution >= 0.6 is 23.1 Å². The third kappa shape index (κ3) is 5.14. The van der Waals surface area contributed by atoms with Gasteiger partial charge in [0, 0.05) is 28.8 Å². The van der Waals surface area contributed by atoms with Crippen molar-refractivity contribution in [3.05, 3.63) is 58.1 Å². The van der Waals surface area contributed by atoms with Crippen LogP contribution in [0.1, 0.15) is 29.1 Å². The van der Waals surface area contributed by atoms with Crippen LogP contribution in [-0.4, -0.2) is 27.2 Å². The first-order valence-electron chi connectivity index (χ1n) is 8.70. The van der Waals surface area contributed by atoms with E-state index in [0.29, 0.717) is 12.1 Å². The molecule has 0 aliphatic carbocycles. The zero-order valence-corrected chi connectivity index (χ0v) is 17.5. The molecule has 3 rings (SSSR count). The molecule has 0 aliphatic heterocycles. The van der Waals surface area contributed by atoms with Gasteiger partial charge in [-0.05, 0) is 56.4 Å². The van der Waals surface area contributed by atoms with Crippen LogP contribution in [0.3, 0.4) is 0 Å². The van der Waals surface area contributed by atoms with Crippen LogP contribution in [0.4, 0.5) is 4.39 Å². The van der Waals surface area contributed by atoms with Crippen molar-refractivity contribution in [1.29, 1.82) is 0 Å². The lowest BCUT2D eigenvalue weighted by Gasteiger charge is -2.09. The summed E-state index contributed by atoms with van der Waals surface area (Å²) in [6.07, 6.45) is 2.74. The molecule has 0 N–H and O–H groups in total. The van der Waals surface area contributed by atoms with Gasteiger partial charge in [0.25, 0.3) is 0 Å². The molecule has 0 unspecified atom stereocenters. The van der Waals surface area contributed by atoms with Crippen LogP contribution in [0, 0.1) is 19.7 Å². The van der Waals surface area contributed by atoms with Gasteiger partial charge in [0.05, 0.1) is 5.69 Å². The molecule has 0 amide bonds. The summed E-state index contributed by atoms with van der Waals surface area (Å²) in [7, 11) is 0. The molecule has 0 bridgehead atoms. The van der Waals surface area contributed by atoms with E-state index < -0.39 is 0 Å². The summed E-state index contributed by atoms with van der Waals surface area (Å²) in [5, 5.41) is 3.35. The number of hydrogen-bond donors (Lipinski definition) is 0. The van der Waals surface area contributed by atoms with Crippen molar-refractivity contribution in [2.45, 2.75) is 38.5 Å². The third-order valence-electron chi connectivity index (χ3n) is 4.19. The topological polar surface area (TPSA) is 65.0 Å². The first kappa shape index (κ1) is 20.4. The maximum Gasteiger partial charge on any atom is 0.306 e. The molecule has 2 aromatic heterocycles. The monoisotopic (exact) mass is 417 g/mol. The zero-order valence-electron chi connectivity index (χ0n) is 15.9. The summed E-state index contributed by atoms with van der Waals surface area (Å²) in [6.45, 7) is 3.99. The molecule has 1 aromatic carbocycles. The van der Waals surface area contributed by atoms with Gasteiger partial charge >= 0.3 is 5.97 Å². The molecule has 2 heterocycles. The fourth-order valence-electron chi connectivity index (χ4n) is 2.71. The lowest BCUT2D eigenvalue weighted by Crippen LogP contribution is -2.09. The molecule has 0 saturated carbocycles. The number of thiazole rings is 1. The van der Waals surface area contributed by atoms with E-state index in [2.05, 4.69) is 15.0 Å². The fraction of sp³-hybridized carbons (Fsp3) is 0.300. The molecular weight excluding hydrogens is 397 g/mol. The van der Waals surface area contributed by atoms with Gasteiger partial charge < -0.3 is 4.74 Å². The van der Waals surface area contributed by atoms with Crippen LogP contribution < -0.4 is 0 Å². The Morgan fingerprint density at radius 2 is 1.82 bits per heavy atom. The second-order valence-corrected chi connectivity index (χ2v) is 7.80. The standard InChI is InChI=1S/C20H20FN3O2S2/c1-12-17(13(2)23-20(22-12)27-3)8-9-18(25)26-10-16-11-28-19(24-16)14-4-6-15(21)7-5-14/h4-7,11H,8-10H2,1-3H3. The summed E-state index contributed by atoms with van der Waals surface area (Å²) in [6, 6.07) is 6.16. The number of benzene rings is 1. The lowest BCUT2D eigenvalue weighted by molar-refractivity contribution is -0.145. The number of nitrogens with zero attached hydrogens (tertiary/aromatic N) is 3. The average Bonchev–Trinajstić information content (AvgIpc) is 3.15. The van der Waals surface area contributed by atoms with E-state index >= 15 is 0 Å². The molecule has 28 heavy (non-hydrogen) atoms. The zero-order chi connectivity index (χ0) is 20.1. The number of rotatable bonds is 7. The lowest BCUT2D eigenvalue weighted by atomic mass is 10.1. The second-order valence-electron chi connectivity index (χ2n) is 6.17. The van der Waals surface area contributed by atoms with Gasteiger partial charge in [-0.3, -0.25) is 4.79 Å². The molecule has 3 aromatic rings. The molecule has 8 heteroatoms. The normalized spacial score (nSPS) is 10.9. The predicted molar refractivity (Wildman–Crippen MR) is 109 cm³/mol. The van der Waals surface area contributed by atoms with Crippen LogP contribution in [0.5, 0.6) is 0 Å². The van der Waals surface area contributed by atoms with E-state index in [1.165, 1.54) is 35.2 Å². The minimum Gasteiger partial charge on any atom is -0.459 e. The first-order valence-corrected chi connectivity index (χ1v) is 10.8. The van der Waals surface area contributed by atoms with E-state index in [9.17, 15) is 9.18 Å². The molecule has 0 aliphatic rings. The molecular formula is C20H20FN3O2S2. The maximum absolute atomic E-state index is 13.0. The third-order valence-corrected chi connectivity index (χ3v) is 5.67. The minimum atomic E-state index is -0.288. The number of ether oxygens (including phenoxy) is 1. The fourth-order valence-corrected chi connectivity index (χ4v) is 3.98. The summed E-state index contributed by atoms with van der Waals surface area (Å²) < 4.78 is 18.4. The molecule has 0 atom stereocenters. The highest BCUT2D eigenvalue weighted by Crippen LogP contribution is 2.24. The van der Waals surface area contributed by atoms with Gasteiger partial charge in [0.15, 0.2) is 5.16 Å². The van der Waals surface area contributed by atoms with E-state index in [0.717, 1.165) is 32.7 Å². The van der Waals surface area contributed by atoms with Crippen molar-refractivity contribution in [2.75, 3.05) is 6.26 Å². The number of hydrogen-bond acceptors (Lipinski definition) is 7. The Balaban J connectivity index is 1.53. The number of thioether (sulfide) groups is 1. The van der Waals surface area contributed by atoms with Gasteiger partial charge in [-0.1, -0.05) is 11.8 Å². The van der Waals surface area contributed by atoms with Crippen LogP contribution in [0.15, 0.2) is 34.8 Å². The maximum atomic E-state index is 13.0. The highest BCUT2D eigenvalue weighted by atomic mass is 32.2. The van der Waals surface area contributed by atoms with Crippen molar-refractivity contribution in [1.82, 2.24) is 15.0 Å². The Labute approximate surface area is 171 Å². The highest BCUT2D eigenvalue weighted by Gasteiger charge is 2.12. The predicted octanol–water partition coefficient (Wildman–Crippen LogP) is 4.75. The van der Waals surface area contributed by atoms with Crippen molar-refractivity contribution in [3.63, 3.8) is 0 Å². The largest absolute Gasteiger partial charge is 0.459 e. The molecule has 0 fully saturated rings. The van der Waals surface area contributed by atoms with E-state index in [1.54, 1.807) is 12.1 Å². The minimum absolute atomic E-state index is 0.121. The van der Waals surface area contributed by atoms with Crippen molar-refractivity contribution >= 4 is 29.1 Å². The van der Waals surface area contributed by atoms with Crippen LogP contribution in [0.25, 0.3) is 10.6 Å². The van der Waals surface area contributed by atoms with Crippen LogP contribution in [0.2, 0.25) is 0 Å². The number of carbonyl (C=O) groups excluding carboxylic acids is 1. The summed E-state index contributed by atoms with van der Waals surface area (Å²) >= 11 is 2.93. The molecule has 0 saturated heterocycles. The van der Waals surface area contributed by atoms with Gasteiger partial charge in [-0.15, -0.1) is 11.3 Å². The van der Waals surface area contributed by atoms with Crippen LogP contribution in [-0.2, 0) is 22.6 Å². The quantitative estimate of drug-likeness (QED) is 0.314. The second kappa shape index (κ2) is 9.25. The molecule has 5 nitrogen and oxygen atoms in total. The first-order chi connectivity index (χ1) is 13.5.